The van der Waals surface area contributed by atoms with Gasteiger partial charge in [0.2, 0.25) is 5.91 Å². The van der Waals surface area contributed by atoms with Crippen molar-refractivity contribution in [2.75, 3.05) is 27.3 Å². The third kappa shape index (κ3) is 4.39. The second kappa shape index (κ2) is 7.87. The van der Waals surface area contributed by atoms with E-state index in [1.807, 2.05) is 38.1 Å². The summed E-state index contributed by atoms with van der Waals surface area (Å²) in [7, 11) is 3.46. The van der Waals surface area contributed by atoms with Gasteiger partial charge in [0.25, 0.3) is 0 Å². The first kappa shape index (κ1) is 17.1. The molecule has 0 aliphatic rings. The van der Waals surface area contributed by atoms with Crippen LogP contribution in [0, 0.1) is 13.8 Å². The Bertz CT molecular complexity index is 649. The summed E-state index contributed by atoms with van der Waals surface area (Å²) < 4.78 is 6.78. The van der Waals surface area contributed by atoms with Crippen molar-refractivity contribution < 1.29 is 9.53 Å². The number of aromatic nitrogens is 3. The summed E-state index contributed by atoms with van der Waals surface area (Å²) in [4.78, 5) is 14.0. The van der Waals surface area contributed by atoms with Crippen molar-refractivity contribution >= 4 is 5.91 Å². The Balaban J connectivity index is 2.04. The Morgan fingerprint density at radius 3 is 2.61 bits per heavy atom. The molecule has 0 aliphatic carbocycles. The van der Waals surface area contributed by atoms with Crippen LogP contribution in [-0.4, -0.2) is 53.1 Å². The van der Waals surface area contributed by atoms with Crippen molar-refractivity contribution in [1.82, 2.24) is 19.9 Å². The summed E-state index contributed by atoms with van der Waals surface area (Å²) in [6, 6.07) is 8.06. The number of methoxy groups -OCH3 is 1. The van der Waals surface area contributed by atoms with Gasteiger partial charge in [0, 0.05) is 27.3 Å². The van der Waals surface area contributed by atoms with E-state index >= 15 is 0 Å². The molecule has 0 spiro atoms. The van der Waals surface area contributed by atoms with Crippen molar-refractivity contribution in [3.05, 3.63) is 41.2 Å². The van der Waals surface area contributed by atoms with Crippen molar-refractivity contribution in [1.29, 1.82) is 0 Å². The van der Waals surface area contributed by atoms with Gasteiger partial charge in [-0.3, -0.25) is 4.79 Å². The van der Waals surface area contributed by atoms with E-state index in [0.29, 0.717) is 18.8 Å². The fraction of sp³-hybridized carbons (Fsp3) is 0.471. The molecule has 0 radical (unpaired) electrons. The molecule has 2 aromatic rings. The number of rotatable bonds is 7. The molecule has 0 saturated carbocycles. The lowest BCUT2D eigenvalue weighted by atomic mass is 10.2. The van der Waals surface area contributed by atoms with Gasteiger partial charge in [0.15, 0.2) is 0 Å². The van der Waals surface area contributed by atoms with Crippen molar-refractivity contribution in [2.24, 2.45) is 0 Å². The number of hydrogen-bond acceptors (Lipinski definition) is 4. The van der Waals surface area contributed by atoms with Gasteiger partial charge in [0.05, 0.1) is 23.5 Å². The van der Waals surface area contributed by atoms with Crippen molar-refractivity contribution in [3.8, 4) is 5.69 Å². The monoisotopic (exact) mass is 316 g/mol. The highest BCUT2D eigenvalue weighted by Crippen LogP contribution is 2.14. The first-order chi connectivity index (χ1) is 11.0. The molecule has 1 aromatic heterocycles. The van der Waals surface area contributed by atoms with Crippen LogP contribution in [0.15, 0.2) is 24.3 Å². The van der Waals surface area contributed by atoms with Crippen LogP contribution in [0.2, 0.25) is 0 Å². The van der Waals surface area contributed by atoms with E-state index in [2.05, 4.69) is 10.3 Å². The molecule has 0 fully saturated rings. The van der Waals surface area contributed by atoms with Crippen LogP contribution in [-0.2, 0) is 16.0 Å². The topological polar surface area (TPSA) is 60.2 Å². The van der Waals surface area contributed by atoms with Crippen molar-refractivity contribution in [2.45, 2.75) is 26.7 Å². The standard InChI is InChI=1S/C17H24N4O2/c1-13-6-8-15(9-7-13)21-14(2)16(18-19-21)12-17(22)20(3)10-5-11-23-4/h6-9H,5,10-12H2,1-4H3. The fourth-order valence-corrected chi connectivity index (χ4v) is 2.30. The van der Waals surface area contributed by atoms with Crippen LogP contribution in [0.3, 0.4) is 0 Å². The molecule has 0 atom stereocenters. The second-order valence-electron chi connectivity index (χ2n) is 5.71. The van der Waals surface area contributed by atoms with Gasteiger partial charge in [-0.15, -0.1) is 5.10 Å². The van der Waals surface area contributed by atoms with E-state index in [0.717, 1.165) is 17.8 Å². The summed E-state index contributed by atoms with van der Waals surface area (Å²) >= 11 is 0. The lowest BCUT2D eigenvalue weighted by Gasteiger charge is -2.16. The van der Waals surface area contributed by atoms with Gasteiger partial charge in [0.1, 0.15) is 0 Å². The maximum atomic E-state index is 12.3. The number of carbonyl (C=O) groups excluding carboxylic acids is 1. The maximum Gasteiger partial charge on any atom is 0.228 e. The number of carbonyl (C=O) groups is 1. The zero-order chi connectivity index (χ0) is 16.8. The molecule has 0 bridgehead atoms. The van der Waals surface area contributed by atoms with Crippen molar-refractivity contribution in [3.63, 3.8) is 0 Å². The predicted molar refractivity (Wildman–Crippen MR) is 88.7 cm³/mol. The summed E-state index contributed by atoms with van der Waals surface area (Å²) in [5.41, 5.74) is 3.76. The first-order valence-corrected chi connectivity index (χ1v) is 7.74. The first-order valence-electron chi connectivity index (χ1n) is 7.74. The Morgan fingerprint density at radius 1 is 1.26 bits per heavy atom. The van der Waals surface area contributed by atoms with Crippen LogP contribution < -0.4 is 0 Å². The number of amides is 1. The summed E-state index contributed by atoms with van der Waals surface area (Å²) in [5.74, 6) is 0.0418. The smallest absolute Gasteiger partial charge is 0.228 e. The molecule has 0 aliphatic heterocycles. The van der Waals surface area contributed by atoms with E-state index in [1.54, 1.807) is 23.7 Å². The second-order valence-corrected chi connectivity index (χ2v) is 5.71. The van der Waals surface area contributed by atoms with E-state index < -0.39 is 0 Å². The third-order valence-electron chi connectivity index (χ3n) is 3.86. The molecule has 0 unspecified atom stereocenters. The largest absolute Gasteiger partial charge is 0.385 e. The molecular formula is C17H24N4O2. The van der Waals surface area contributed by atoms with Gasteiger partial charge in [-0.2, -0.15) is 0 Å². The molecule has 124 valence electrons. The number of ether oxygens (including phenoxy) is 1. The molecule has 1 aromatic carbocycles. The van der Waals surface area contributed by atoms with Crippen LogP contribution in [0.25, 0.3) is 5.69 Å². The number of aryl methyl sites for hydroxylation is 1. The molecule has 23 heavy (non-hydrogen) atoms. The molecule has 2 rings (SSSR count). The lowest BCUT2D eigenvalue weighted by molar-refractivity contribution is -0.129. The average molecular weight is 316 g/mol. The molecule has 6 heteroatoms. The quantitative estimate of drug-likeness (QED) is 0.732. The maximum absolute atomic E-state index is 12.3. The summed E-state index contributed by atoms with van der Waals surface area (Å²) in [6.07, 6.45) is 1.09. The highest BCUT2D eigenvalue weighted by Gasteiger charge is 2.16. The van der Waals surface area contributed by atoms with E-state index in [9.17, 15) is 4.79 Å². The summed E-state index contributed by atoms with van der Waals surface area (Å²) in [6.45, 7) is 5.31. The Morgan fingerprint density at radius 2 is 1.96 bits per heavy atom. The minimum Gasteiger partial charge on any atom is -0.385 e. The van der Waals surface area contributed by atoms with Crippen LogP contribution in [0.5, 0.6) is 0 Å². The molecule has 0 N–H and O–H groups in total. The minimum absolute atomic E-state index is 0.0418. The van der Waals surface area contributed by atoms with E-state index in [4.69, 9.17) is 4.74 Å². The fourth-order valence-electron chi connectivity index (χ4n) is 2.30. The predicted octanol–water partition coefficient (Wildman–Crippen LogP) is 1.92. The molecule has 6 nitrogen and oxygen atoms in total. The van der Waals surface area contributed by atoms with Crippen LogP contribution in [0.1, 0.15) is 23.4 Å². The lowest BCUT2D eigenvalue weighted by Crippen LogP contribution is -2.30. The SMILES string of the molecule is COCCCN(C)C(=O)Cc1nnn(-c2ccc(C)cc2)c1C. The zero-order valence-electron chi connectivity index (χ0n) is 14.2. The Labute approximate surface area is 137 Å². The highest BCUT2D eigenvalue weighted by atomic mass is 16.5. The van der Waals surface area contributed by atoms with Gasteiger partial charge < -0.3 is 9.64 Å². The Hall–Kier alpha value is -2.21. The van der Waals surface area contributed by atoms with Gasteiger partial charge in [-0.1, -0.05) is 22.9 Å². The number of benzene rings is 1. The van der Waals surface area contributed by atoms with Gasteiger partial charge in [-0.25, -0.2) is 4.68 Å². The van der Waals surface area contributed by atoms with Gasteiger partial charge >= 0.3 is 0 Å². The van der Waals surface area contributed by atoms with E-state index in [-0.39, 0.29) is 12.3 Å². The number of hydrogen-bond donors (Lipinski definition) is 0. The van der Waals surface area contributed by atoms with Crippen LogP contribution in [0.4, 0.5) is 0 Å². The van der Waals surface area contributed by atoms with Gasteiger partial charge in [-0.05, 0) is 32.4 Å². The molecule has 1 heterocycles. The highest BCUT2D eigenvalue weighted by molar-refractivity contribution is 5.78. The number of likely N-dealkylation sites (N-methyl/N-ethyl adjacent to an activating group) is 1. The zero-order valence-corrected chi connectivity index (χ0v) is 14.2. The van der Waals surface area contributed by atoms with E-state index in [1.165, 1.54) is 5.56 Å². The van der Waals surface area contributed by atoms with Crippen LogP contribution >= 0.6 is 0 Å². The normalized spacial score (nSPS) is 10.8. The minimum atomic E-state index is 0.0418. The molecular weight excluding hydrogens is 292 g/mol. The number of nitrogens with zero attached hydrogens (tertiary/aromatic N) is 4. The average Bonchev–Trinajstić information content (AvgIpc) is 2.89. The third-order valence-corrected chi connectivity index (χ3v) is 3.86. The Kier molecular flexibility index (Phi) is 5.87. The summed E-state index contributed by atoms with van der Waals surface area (Å²) in [5, 5.41) is 8.35. The molecule has 0 saturated heterocycles. The molecule has 1 amide bonds.